The Morgan fingerprint density at radius 1 is 1.21 bits per heavy atom. The number of carbonyl (C=O) groups excluding carboxylic acids is 1. The molecule has 0 heterocycles. The topological polar surface area (TPSA) is 63.3 Å². The summed E-state index contributed by atoms with van der Waals surface area (Å²) in [5.41, 5.74) is 6.47. The molecule has 0 aliphatic heterocycles. The Morgan fingerprint density at radius 2 is 1.89 bits per heavy atom. The summed E-state index contributed by atoms with van der Waals surface area (Å²) in [6.45, 7) is 0.449. The van der Waals surface area contributed by atoms with Crippen molar-refractivity contribution < 1.29 is 9.90 Å². The second-order valence-corrected chi connectivity index (χ2v) is 5.67. The van der Waals surface area contributed by atoms with E-state index in [0.717, 1.165) is 31.2 Å². The Kier molecular flexibility index (Phi) is 4.59. The molecule has 0 bridgehead atoms. The van der Waals surface area contributed by atoms with Gasteiger partial charge in [0.15, 0.2) is 0 Å². The van der Waals surface area contributed by atoms with Gasteiger partial charge in [-0.05, 0) is 30.5 Å². The zero-order valence-electron chi connectivity index (χ0n) is 11.4. The van der Waals surface area contributed by atoms with Gasteiger partial charge in [-0.3, -0.25) is 4.79 Å². The highest BCUT2D eigenvalue weighted by molar-refractivity contribution is 5.87. The van der Waals surface area contributed by atoms with Crippen LogP contribution >= 0.6 is 0 Å². The Balaban J connectivity index is 2.12. The van der Waals surface area contributed by atoms with E-state index in [-0.39, 0.29) is 16.9 Å². The number of nitrogens with two attached hydrogens (primary N) is 1. The van der Waals surface area contributed by atoms with E-state index in [4.69, 9.17) is 5.73 Å². The minimum atomic E-state index is -0.331. The third kappa shape index (κ3) is 3.35. The van der Waals surface area contributed by atoms with Crippen molar-refractivity contribution in [1.82, 2.24) is 0 Å². The lowest BCUT2D eigenvalue weighted by atomic mass is 9.75. The molecule has 19 heavy (non-hydrogen) atoms. The van der Waals surface area contributed by atoms with Gasteiger partial charge in [0.2, 0.25) is 0 Å². The molecular weight excluding hydrogens is 238 g/mol. The summed E-state index contributed by atoms with van der Waals surface area (Å²) in [6.07, 6.45) is 6.84. The number of hydrogen-bond donors (Lipinski definition) is 2. The van der Waals surface area contributed by atoms with Gasteiger partial charge in [0.25, 0.3) is 0 Å². The summed E-state index contributed by atoms with van der Waals surface area (Å²) in [5.74, 6) is 0.454. The SMILES string of the molecule is NCC1(C(=O)Cc2cccc(O)c2)CCCCCC1. The lowest BCUT2D eigenvalue weighted by molar-refractivity contribution is -0.128. The van der Waals surface area contributed by atoms with Crippen molar-refractivity contribution in [3.05, 3.63) is 29.8 Å². The van der Waals surface area contributed by atoms with Gasteiger partial charge in [0.1, 0.15) is 11.5 Å². The fraction of sp³-hybridized carbons (Fsp3) is 0.562. The molecule has 1 aromatic rings. The first-order chi connectivity index (χ1) is 9.16. The van der Waals surface area contributed by atoms with Crippen LogP contribution in [0.4, 0.5) is 0 Å². The van der Waals surface area contributed by atoms with Gasteiger partial charge >= 0.3 is 0 Å². The van der Waals surface area contributed by atoms with E-state index in [1.54, 1.807) is 18.2 Å². The minimum Gasteiger partial charge on any atom is -0.508 e. The number of rotatable bonds is 4. The van der Waals surface area contributed by atoms with Crippen LogP contribution in [0, 0.1) is 5.41 Å². The smallest absolute Gasteiger partial charge is 0.144 e. The number of phenolic OH excluding ortho intramolecular Hbond substituents is 1. The van der Waals surface area contributed by atoms with Crippen molar-refractivity contribution in [3.8, 4) is 5.75 Å². The highest BCUT2D eigenvalue weighted by atomic mass is 16.3. The van der Waals surface area contributed by atoms with E-state index in [1.807, 2.05) is 6.07 Å². The van der Waals surface area contributed by atoms with Crippen LogP contribution in [0.1, 0.15) is 44.1 Å². The number of phenols is 1. The summed E-state index contributed by atoms with van der Waals surface area (Å²) in [4.78, 5) is 12.6. The van der Waals surface area contributed by atoms with Gasteiger partial charge in [-0.15, -0.1) is 0 Å². The van der Waals surface area contributed by atoms with Crippen LogP contribution in [-0.2, 0) is 11.2 Å². The zero-order chi connectivity index (χ0) is 13.7. The maximum Gasteiger partial charge on any atom is 0.144 e. The highest BCUT2D eigenvalue weighted by Crippen LogP contribution is 2.36. The van der Waals surface area contributed by atoms with Crippen LogP contribution in [-0.4, -0.2) is 17.4 Å². The summed E-state index contributed by atoms with van der Waals surface area (Å²) in [5, 5.41) is 9.47. The molecular formula is C16H23NO2. The normalized spacial score (nSPS) is 18.8. The number of hydrogen-bond acceptors (Lipinski definition) is 3. The van der Waals surface area contributed by atoms with Crippen LogP contribution in [0.3, 0.4) is 0 Å². The maximum atomic E-state index is 12.6. The Morgan fingerprint density at radius 3 is 2.47 bits per heavy atom. The molecule has 2 rings (SSSR count). The second kappa shape index (κ2) is 6.20. The largest absolute Gasteiger partial charge is 0.508 e. The van der Waals surface area contributed by atoms with Gasteiger partial charge in [0.05, 0.1) is 0 Å². The Labute approximate surface area is 114 Å². The van der Waals surface area contributed by atoms with Gasteiger partial charge in [-0.1, -0.05) is 37.8 Å². The quantitative estimate of drug-likeness (QED) is 0.819. The third-order valence-corrected chi connectivity index (χ3v) is 4.32. The van der Waals surface area contributed by atoms with E-state index >= 15 is 0 Å². The van der Waals surface area contributed by atoms with Crippen LogP contribution in [0.2, 0.25) is 0 Å². The molecule has 0 aromatic heterocycles. The van der Waals surface area contributed by atoms with E-state index in [1.165, 1.54) is 12.8 Å². The molecule has 0 radical (unpaired) electrons. The molecule has 1 saturated carbocycles. The van der Waals surface area contributed by atoms with E-state index in [2.05, 4.69) is 0 Å². The van der Waals surface area contributed by atoms with Crippen LogP contribution in [0.5, 0.6) is 5.75 Å². The van der Waals surface area contributed by atoms with E-state index in [0.29, 0.717) is 13.0 Å². The molecule has 1 aromatic carbocycles. The first-order valence-electron chi connectivity index (χ1n) is 7.18. The Bertz CT molecular complexity index is 434. The minimum absolute atomic E-state index is 0.216. The summed E-state index contributed by atoms with van der Waals surface area (Å²) in [6, 6.07) is 6.95. The lowest BCUT2D eigenvalue weighted by Crippen LogP contribution is -2.39. The van der Waals surface area contributed by atoms with Crippen molar-refractivity contribution >= 4 is 5.78 Å². The molecule has 104 valence electrons. The fourth-order valence-corrected chi connectivity index (χ4v) is 3.04. The van der Waals surface area contributed by atoms with Crippen LogP contribution < -0.4 is 5.73 Å². The molecule has 3 N–H and O–H groups in total. The number of carbonyl (C=O) groups is 1. The first kappa shape index (κ1) is 14.1. The molecule has 0 atom stereocenters. The number of aromatic hydroxyl groups is 1. The van der Waals surface area contributed by atoms with Gasteiger partial charge in [0, 0.05) is 18.4 Å². The molecule has 0 amide bonds. The van der Waals surface area contributed by atoms with Crippen molar-refractivity contribution in [3.63, 3.8) is 0 Å². The van der Waals surface area contributed by atoms with Crippen molar-refractivity contribution in [2.75, 3.05) is 6.54 Å². The Hall–Kier alpha value is -1.35. The van der Waals surface area contributed by atoms with E-state index < -0.39 is 0 Å². The summed E-state index contributed by atoms with van der Waals surface area (Å²) >= 11 is 0. The standard InChI is InChI=1S/C16H23NO2/c17-12-16(8-3-1-2-4-9-16)15(19)11-13-6-5-7-14(18)10-13/h5-7,10,18H,1-4,8-9,11-12,17H2. The van der Waals surface area contributed by atoms with Crippen LogP contribution in [0.15, 0.2) is 24.3 Å². The van der Waals surface area contributed by atoms with Crippen LogP contribution in [0.25, 0.3) is 0 Å². The predicted molar refractivity (Wildman–Crippen MR) is 76.0 cm³/mol. The molecule has 1 aliphatic carbocycles. The van der Waals surface area contributed by atoms with Gasteiger partial charge in [-0.2, -0.15) is 0 Å². The summed E-state index contributed by atoms with van der Waals surface area (Å²) < 4.78 is 0. The molecule has 0 saturated heterocycles. The first-order valence-corrected chi connectivity index (χ1v) is 7.18. The number of Topliss-reactive ketones (excluding diaryl/α,β-unsaturated/α-hetero) is 1. The van der Waals surface area contributed by atoms with Crippen molar-refractivity contribution in [2.45, 2.75) is 44.9 Å². The average molecular weight is 261 g/mol. The lowest BCUT2D eigenvalue weighted by Gasteiger charge is -2.29. The van der Waals surface area contributed by atoms with Gasteiger partial charge < -0.3 is 10.8 Å². The maximum absolute atomic E-state index is 12.6. The predicted octanol–water partition coefficient (Wildman–Crippen LogP) is 2.80. The number of benzene rings is 1. The zero-order valence-corrected chi connectivity index (χ0v) is 11.4. The molecule has 1 aliphatic rings. The number of ketones is 1. The molecule has 0 unspecified atom stereocenters. The molecule has 3 heteroatoms. The molecule has 3 nitrogen and oxygen atoms in total. The highest BCUT2D eigenvalue weighted by Gasteiger charge is 2.36. The van der Waals surface area contributed by atoms with Crippen molar-refractivity contribution in [2.24, 2.45) is 11.1 Å². The second-order valence-electron chi connectivity index (χ2n) is 5.67. The summed E-state index contributed by atoms with van der Waals surface area (Å²) in [7, 11) is 0. The third-order valence-electron chi connectivity index (χ3n) is 4.32. The molecule has 0 spiro atoms. The van der Waals surface area contributed by atoms with E-state index in [9.17, 15) is 9.90 Å². The average Bonchev–Trinajstić information content (AvgIpc) is 2.65. The van der Waals surface area contributed by atoms with Crippen molar-refractivity contribution in [1.29, 1.82) is 0 Å². The monoisotopic (exact) mass is 261 g/mol. The molecule has 1 fully saturated rings. The fourth-order valence-electron chi connectivity index (χ4n) is 3.04. The van der Waals surface area contributed by atoms with Gasteiger partial charge in [-0.25, -0.2) is 0 Å².